The van der Waals surface area contributed by atoms with Crippen molar-refractivity contribution >= 4 is 27.2 Å². The Kier molecular flexibility index (Phi) is 6.00. The molecule has 0 unspecified atom stereocenters. The highest BCUT2D eigenvalue weighted by atomic mass is 32.2. The lowest BCUT2D eigenvalue weighted by molar-refractivity contribution is 0.0522. The molecule has 3 heterocycles. The van der Waals surface area contributed by atoms with E-state index in [1.807, 2.05) is 4.72 Å². The van der Waals surface area contributed by atoms with Crippen molar-refractivity contribution < 1.29 is 31.1 Å². The van der Waals surface area contributed by atoms with Crippen LogP contribution in [-0.2, 0) is 14.8 Å². The van der Waals surface area contributed by atoms with E-state index in [1.54, 1.807) is 6.92 Å². The van der Waals surface area contributed by atoms with Crippen molar-refractivity contribution in [3.63, 3.8) is 0 Å². The van der Waals surface area contributed by atoms with Gasteiger partial charge in [-0.05, 0) is 38.1 Å². The summed E-state index contributed by atoms with van der Waals surface area (Å²) >= 11 is 0. The van der Waals surface area contributed by atoms with Crippen molar-refractivity contribution in [2.75, 3.05) is 11.3 Å². The van der Waals surface area contributed by atoms with Crippen LogP contribution in [-0.4, -0.2) is 35.4 Å². The number of nitrogens with one attached hydrogen (secondary N) is 1. The Labute approximate surface area is 192 Å². The topological polar surface area (TPSA) is 103 Å². The van der Waals surface area contributed by atoms with E-state index >= 15 is 4.39 Å². The Hall–Kier alpha value is -3.93. The number of carbonyl (C=O) groups excluding carboxylic acids is 1. The summed E-state index contributed by atoms with van der Waals surface area (Å²) in [6, 6.07) is 5.37. The molecular formula is C22H17F3N4O4S. The number of nitrogens with zero attached hydrogens (tertiary/aromatic N) is 3. The van der Waals surface area contributed by atoms with E-state index in [0.717, 1.165) is 24.4 Å². The maximum Gasteiger partial charge on any atom is 0.359 e. The lowest BCUT2D eigenvalue weighted by Gasteiger charge is -2.14. The first kappa shape index (κ1) is 23.2. The molecule has 1 aromatic carbocycles. The van der Waals surface area contributed by atoms with E-state index in [9.17, 15) is 22.0 Å². The average Bonchev–Trinajstić information content (AvgIpc) is 3.21. The lowest BCUT2D eigenvalue weighted by Crippen LogP contribution is -2.16. The number of pyridine rings is 2. The number of anilines is 1. The molecule has 176 valence electrons. The molecule has 3 aromatic heterocycles. The van der Waals surface area contributed by atoms with Crippen LogP contribution in [0.5, 0.6) is 0 Å². The predicted octanol–water partition coefficient (Wildman–Crippen LogP) is 4.10. The number of sulfonamides is 1. The van der Waals surface area contributed by atoms with E-state index in [2.05, 4.69) is 9.97 Å². The second-order valence-corrected chi connectivity index (χ2v) is 8.80. The number of hydrogen-bond acceptors (Lipinski definition) is 6. The van der Waals surface area contributed by atoms with Gasteiger partial charge in [0.15, 0.2) is 11.5 Å². The standard InChI is InChI=1S/C22H17F3N4O4S/c1-3-33-22(30)21-17-7-4-13(10-29(17)11-27-21)19-15(24)5-6-16(20(19)25)28-34(31,32)18-8-14(23)9-26-12(18)2/h4-11,28H,3H2,1-2H3. The molecule has 0 spiro atoms. The summed E-state index contributed by atoms with van der Waals surface area (Å²) < 4.78 is 77.3. The van der Waals surface area contributed by atoms with E-state index in [-0.39, 0.29) is 23.6 Å². The van der Waals surface area contributed by atoms with E-state index < -0.39 is 49.6 Å². The number of rotatable bonds is 6. The molecule has 0 aliphatic carbocycles. The first-order chi connectivity index (χ1) is 16.1. The SMILES string of the molecule is CCOC(=O)c1ncn2cc(-c3c(F)ccc(NS(=O)(=O)c4cc(F)cnc4C)c3F)ccc12. The van der Waals surface area contributed by atoms with Gasteiger partial charge in [0.2, 0.25) is 0 Å². The number of hydrogen-bond donors (Lipinski definition) is 1. The number of ether oxygens (including phenoxy) is 1. The maximum atomic E-state index is 15.3. The van der Waals surface area contributed by atoms with Crippen molar-refractivity contribution in [1.82, 2.24) is 14.4 Å². The third-order valence-electron chi connectivity index (χ3n) is 4.92. The van der Waals surface area contributed by atoms with E-state index in [0.29, 0.717) is 5.52 Å². The monoisotopic (exact) mass is 490 g/mol. The number of benzene rings is 1. The van der Waals surface area contributed by atoms with Crippen LogP contribution in [0.15, 0.2) is 53.9 Å². The predicted molar refractivity (Wildman–Crippen MR) is 116 cm³/mol. The minimum Gasteiger partial charge on any atom is -0.461 e. The van der Waals surface area contributed by atoms with E-state index in [4.69, 9.17) is 4.74 Å². The Morgan fingerprint density at radius 1 is 1.15 bits per heavy atom. The third kappa shape index (κ3) is 4.19. The molecule has 0 bridgehead atoms. The van der Waals surface area contributed by atoms with Gasteiger partial charge < -0.3 is 9.14 Å². The largest absolute Gasteiger partial charge is 0.461 e. The molecule has 0 saturated carbocycles. The van der Waals surface area contributed by atoms with Crippen LogP contribution in [0.2, 0.25) is 0 Å². The molecule has 0 saturated heterocycles. The van der Waals surface area contributed by atoms with Gasteiger partial charge >= 0.3 is 5.97 Å². The van der Waals surface area contributed by atoms with E-state index in [1.165, 1.54) is 36.0 Å². The Morgan fingerprint density at radius 2 is 1.91 bits per heavy atom. The number of esters is 1. The molecule has 0 atom stereocenters. The van der Waals surface area contributed by atoms with Crippen molar-refractivity contribution in [2.45, 2.75) is 18.7 Å². The minimum atomic E-state index is -4.43. The van der Waals surface area contributed by atoms with Crippen LogP contribution >= 0.6 is 0 Å². The number of halogens is 3. The molecule has 0 radical (unpaired) electrons. The fraction of sp³-hybridized carbons (Fsp3) is 0.136. The Balaban J connectivity index is 1.75. The van der Waals surface area contributed by atoms with Gasteiger partial charge in [-0.25, -0.2) is 31.4 Å². The molecule has 0 aliphatic rings. The summed E-state index contributed by atoms with van der Waals surface area (Å²) in [5.74, 6) is -3.67. The fourth-order valence-electron chi connectivity index (χ4n) is 3.36. The smallest absolute Gasteiger partial charge is 0.359 e. The van der Waals surface area contributed by atoms with Crippen LogP contribution in [0.25, 0.3) is 16.6 Å². The highest BCUT2D eigenvalue weighted by Crippen LogP contribution is 2.32. The van der Waals surface area contributed by atoms with Crippen LogP contribution in [0.1, 0.15) is 23.1 Å². The summed E-state index contributed by atoms with van der Waals surface area (Å²) in [5, 5.41) is 0. The summed E-state index contributed by atoms with van der Waals surface area (Å²) in [4.78, 5) is 19.2. The molecule has 4 aromatic rings. The Morgan fingerprint density at radius 3 is 2.65 bits per heavy atom. The molecule has 12 heteroatoms. The van der Waals surface area contributed by atoms with Crippen molar-refractivity contribution in [3.8, 4) is 11.1 Å². The second-order valence-electron chi connectivity index (χ2n) is 7.15. The molecule has 34 heavy (non-hydrogen) atoms. The summed E-state index contributed by atoms with van der Waals surface area (Å²) in [7, 11) is -4.43. The fourth-order valence-corrected chi connectivity index (χ4v) is 4.63. The van der Waals surface area contributed by atoms with Gasteiger partial charge in [0, 0.05) is 11.8 Å². The average molecular weight is 490 g/mol. The molecule has 8 nitrogen and oxygen atoms in total. The van der Waals surface area contributed by atoms with Crippen molar-refractivity contribution in [1.29, 1.82) is 0 Å². The molecular weight excluding hydrogens is 473 g/mol. The van der Waals surface area contributed by atoms with Gasteiger partial charge in [-0.1, -0.05) is 6.07 Å². The first-order valence-corrected chi connectivity index (χ1v) is 11.4. The maximum absolute atomic E-state index is 15.3. The second kappa shape index (κ2) is 8.78. The zero-order valence-electron chi connectivity index (χ0n) is 17.8. The molecule has 0 aliphatic heterocycles. The van der Waals surface area contributed by atoms with Crippen molar-refractivity contribution in [3.05, 3.63) is 77.9 Å². The van der Waals surface area contributed by atoms with Gasteiger partial charge in [0.05, 0.1) is 35.3 Å². The van der Waals surface area contributed by atoms with Crippen molar-refractivity contribution in [2.24, 2.45) is 0 Å². The number of aromatic nitrogens is 3. The lowest BCUT2D eigenvalue weighted by atomic mass is 10.1. The zero-order valence-corrected chi connectivity index (χ0v) is 18.7. The summed E-state index contributed by atoms with van der Waals surface area (Å²) in [6.07, 6.45) is 3.48. The normalized spacial score (nSPS) is 11.6. The van der Waals surface area contributed by atoms with Crippen LogP contribution in [0.4, 0.5) is 18.9 Å². The highest BCUT2D eigenvalue weighted by molar-refractivity contribution is 7.92. The van der Waals surface area contributed by atoms with Gasteiger partial charge in [-0.2, -0.15) is 0 Å². The molecule has 1 N–H and O–H groups in total. The highest BCUT2D eigenvalue weighted by Gasteiger charge is 2.24. The summed E-state index contributed by atoms with van der Waals surface area (Å²) in [5.41, 5.74) is -0.607. The van der Waals surface area contributed by atoms with Gasteiger partial charge in [0.25, 0.3) is 10.0 Å². The first-order valence-electron chi connectivity index (χ1n) is 9.89. The van der Waals surface area contributed by atoms with Crippen LogP contribution in [0, 0.1) is 24.4 Å². The number of fused-ring (bicyclic) bond motifs is 1. The summed E-state index contributed by atoms with van der Waals surface area (Å²) in [6.45, 7) is 3.15. The molecule has 0 fully saturated rings. The van der Waals surface area contributed by atoms with Gasteiger partial charge in [-0.15, -0.1) is 0 Å². The van der Waals surface area contributed by atoms with Gasteiger partial charge in [0.1, 0.15) is 22.9 Å². The quantitative estimate of drug-likeness (QED) is 0.409. The zero-order chi connectivity index (χ0) is 24.6. The Bertz CT molecular complexity index is 1540. The van der Waals surface area contributed by atoms with Gasteiger partial charge in [-0.3, -0.25) is 9.71 Å². The molecule has 4 rings (SSSR count). The number of aryl methyl sites for hydroxylation is 1. The van der Waals surface area contributed by atoms with Crippen LogP contribution < -0.4 is 4.72 Å². The number of imidazole rings is 1. The number of carbonyl (C=O) groups is 1. The third-order valence-corrected chi connectivity index (χ3v) is 6.40. The molecule has 0 amide bonds. The minimum absolute atomic E-state index is 0.000364. The van der Waals surface area contributed by atoms with Crippen LogP contribution in [0.3, 0.4) is 0 Å².